The molecule has 33 heavy (non-hydrogen) atoms. The Balaban J connectivity index is 1.56. The van der Waals surface area contributed by atoms with Crippen LogP contribution in [0.15, 0.2) is 54.7 Å². The Hall–Kier alpha value is -4.07. The van der Waals surface area contributed by atoms with Gasteiger partial charge < -0.3 is 10.1 Å². The van der Waals surface area contributed by atoms with Crippen LogP contribution in [0.25, 0.3) is 17.2 Å². The van der Waals surface area contributed by atoms with E-state index in [4.69, 9.17) is 4.74 Å². The van der Waals surface area contributed by atoms with Gasteiger partial charge in [-0.05, 0) is 38.5 Å². The molecule has 0 aliphatic carbocycles. The van der Waals surface area contributed by atoms with Crippen LogP contribution in [0.5, 0.6) is 5.75 Å². The molecule has 5 rings (SSSR count). The van der Waals surface area contributed by atoms with Gasteiger partial charge in [-0.1, -0.05) is 42.0 Å². The average Bonchev–Trinajstić information content (AvgIpc) is 3.16. The number of carbonyl (C=O) groups is 1. The molecule has 2 aromatic heterocycles. The van der Waals surface area contributed by atoms with Crippen LogP contribution in [-0.4, -0.2) is 37.5 Å². The van der Waals surface area contributed by atoms with Gasteiger partial charge in [0.15, 0.2) is 0 Å². The predicted octanol–water partition coefficient (Wildman–Crippen LogP) is 4.21. The molecule has 8 nitrogen and oxygen atoms in total. The monoisotopic (exact) mass is 440 g/mol. The van der Waals surface area contributed by atoms with Gasteiger partial charge in [0.2, 0.25) is 5.91 Å². The van der Waals surface area contributed by atoms with Crippen molar-refractivity contribution in [1.82, 2.24) is 25.0 Å². The molecule has 0 bridgehead atoms. The van der Waals surface area contributed by atoms with E-state index in [-0.39, 0.29) is 11.8 Å². The number of nitrogens with one attached hydrogen (secondary N) is 1. The van der Waals surface area contributed by atoms with E-state index in [1.54, 1.807) is 10.9 Å². The number of hydrogen-bond donors (Lipinski definition) is 1. The maximum Gasteiger partial charge on any atom is 0.272 e. The van der Waals surface area contributed by atoms with Gasteiger partial charge in [0.05, 0.1) is 24.2 Å². The minimum absolute atomic E-state index is 0.0785. The molecule has 3 heterocycles. The third-order valence-corrected chi connectivity index (χ3v) is 5.78. The summed E-state index contributed by atoms with van der Waals surface area (Å²) in [5.74, 6) is 1.51. The lowest BCUT2D eigenvalue weighted by atomic mass is 9.86. The molecule has 0 spiro atoms. The normalized spacial score (nSPS) is 15.1. The zero-order chi connectivity index (χ0) is 22.9. The van der Waals surface area contributed by atoms with Crippen molar-refractivity contribution in [1.29, 1.82) is 0 Å². The van der Waals surface area contributed by atoms with Gasteiger partial charge in [-0.25, -0.2) is 4.98 Å². The first-order valence-corrected chi connectivity index (χ1v) is 10.9. The zero-order valence-corrected chi connectivity index (χ0v) is 18.7. The summed E-state index contributed by atoms with van der Waals surface area (Å²) in [6.45, 7) is 6.53. The van der Waals surface area contributed by atoms with Crippen molar-refractivity contribution >= 4 is 11.7 Å². The average molecular weight is 441 g/mol. The van der Waals surface area contributed by atoms with Gasteiger partial charge in [0, 0.05) is 23.5 Å². The Morgan fingerprint density at radius 1 is 1.09 bits per heavy atom. The molecule has 2 aromatic carbocycles. The molecular weight excluding hydrogens is 416 g/mol. The lowest BCUT2D eigenvalue weighted by Gasteiger charge is -2.24. The molecule has 1 aliphatic rings. The topological polar surface area (TPSA) is 94.8 Å². The van der Waals surface area contributed by atoms with Gasteiger partial charge in [-0.15, -0.1) is 5.10 Å². The number of amides is 1. The lowest BCUT2D eigenvalue weighted by molar-refractivity contribution is -0.116. The quantitative estimate of drug-likeness (QED) is 0.499. The fourth-order valence-electron chi connectivity index (χ4n) is 4.19. The summed E-state index contributed by atoms with van der Waals surface area (Å²) >= 11 is 0. The van der Waals surface area contributed by atoms with Crippen LogP contribution >= 0.6 is 0 Å². The first-order valence-electron chi connectivity index (χ1n) is 10.9. The SMILES string of the molecule is CCOc1ccc([C@H]2CC(=O)Nc3c2c(C)nn3-c2nncc(-c3ccc(C)cc3)n2)cc1. The third-order valence-electron chi connectivity index (χ3n) is 5.78. The van der Waals surface area contributed by atoms with Gasteiger partial charge in [0.25, 0.3) is 5.95 Å². The lowest BCUT2D eigenvalue weighted by Crippen LogP contribution is -2.25. The predicted molar refractivity (Wildman–Crippen MR) is 125 cm³/mol. The van der Waals surface area contributed by atoms with Crippen LogP contribution in [-0.2, 0) is 4.79 Å². The van der Waals surface area contributed by atoms with Gasteiger partial charge in [-0.2, -0.15) is 14.9 Å². The van der Waals surface area contributed by atoms with E-state index in [1.165, 1.54) is 5.56 Å². The summed E-state index contributed by atoms with van der Waals surface area (Å²) in [7, 11) is 0. The van der Waals surface area contributed by atoms with Gasteiger partial charge >= 0.3 is 0 Å². The molecule has 0 fully saturated rings. The second kappa shape index (κ2) is 8.46. The maximum atomic E-state index is 12.7. The Bertz CT molecular complexity index is 1310. The second-order valence-corrected chi connectivity index (χ2v) is 8.07. The van der Waals surface area contributed by atoms with Crippen LogP contribution in [0.3, 0.4) is 0 Å². The highest BCUT2D eigenvalue weighted by molar-refractivity contribution is 5.95. The van der Waals surface area contributed by atoms with E-state index >= 15 is 0 Å². The molecule has 1 amide bonds. The van der Waals surface area contributed by atoms with Crippen molar-refractivity contribution in [3.63, 3.8) is 0 Å². The van der Waals surface area contributed by atoms with E-state index in [1.807, 2.05) is 69.3 Å². The molecule has 0 saturated carbocycles. The molecule has 0 saturated heterocycles. The van der Waals surface area contributed by atoms with Crippen molar-refractivity contribution in [2.75, 3.05) is 11.9 Å². The van der Waals surface area contributed by atoms with E-state index in [0.29, 0.717) is 30.5 Å². The Kier molecular flexibility index (Phi) is 5.34. The number of carbonyl (C=O) groups excluding carboxylic acids is 1. The van der Waals surface area contributed by atoms with Crippen molar-refractivity contribution in [2.45, 2.75) is 33.1 Å². The summed E-state index contributed by atoms with van der Waals surface area (Å²) in [6.07, 6.45) is 1.97. The minimum atomic E-state index is -0.119. The van der Waals surface area contributed by atoms with Crippen molar-refractivity contribution in [2.24, 2.45) is 0 Å². The summed E-state index contributed by atoms with van der Waals surface area (Å²) in [6, 6.07) is 15.9. The number of ether oxygens (including phenoxy) is 1. The highest BCUT2D eigenvalue weighted by Crippen LogP contribution is 2.40. The third kappa shape index (κ3) is 3.95. The van der Waals surface area contributed by atoms with Gasteiger partial charge in [0.1, 0.15) is 11.6 Å². The van der Waals surface area contributed by atoms with E-state index in [9.17, 15) is 4.79 Å². The molecule has 4 aromatic rings. The second-order valence-electron chi connectivity index (χ2n) is 8.07. The first-order chi connectivity index (χ1) is 16.0. The highest BCUT2D eigenvalue weighted by atomic mass is 16.5. The Labute approximate surface area is 191 Å². The standard InChI is InChI=1S/C25H24N6O2/c1-4-33-19-11-9-17(10-12-19)20-13-22(32)28-24-23(20)16(3)30-31(24)25-27-21(14-26-29-25)18-7-5-15(2)6-8-18/h5-12,14,20H,4,13H2,1-3H3,(H,28,32)/t20-/m1/s1. The fraction of sp³-hybridized carbons (Fsp3) is 0.240. The minimum Gasteiger partial charge on any atom is -0.494 e. The molecule has 1 atom stereocenters. The number of hydrogen-bond acceptors (Lipinski definition) is 6. The Morgan fingerprint density at radius 2 is 1.85 bits per heavy atom. The van der Waals surface area contributed by atoms with E-state index < -0.39 is 0 Å². The van der Waals surface area contributed by atoms with E-state index in [2.05, 4.69) is 25.6 Å². The van der Waals surface area contributed by atoms with Gasteiger partial charge in [-0.3, -0.25) is 4.79 Å². The van der Waals surface area contributed by atoms with Crippen molar-refractivity contribution in [3.8, 4) is 23.0 Å². The molecular formula is C25H24N6O2. The molecule has 1 N–H and O–H groups in total. The number of anilines is 1. The highest BCUT2D eigenvalue weighted by Gasteiger charge is 2.33. The first kappa shape index (κ1) is 20.8. The number of nitrogens with zero attached hydrogens (tertiary/aromatic N) is 5. The fourth-order valence-corrected chi connectivity index (χ4v) is 4.19. The summed E-state index contributed by atoms with van der Waals surface area (Å²) in [5.41, 5.74) is 5.60. The summed E-state index contributed by atoms with van der Waals surface area (Å²) < 4.78 is 7.14. The van der Waals surface area contributed by atoms with Crippen molar-refractivity contribution < 1.29 is 9.53 Å². The smallest absolute Gasteiger partial charge is 0.272 e. The summed E-state index contributed by atoms with van der Waals surface area (Å²) in [5, 5.41) is 16.0. The zero-order valence-electron chi connectivity index (χ0n) is 18.7. The molecule has 0 radical (unpaired) electrons. The van der Waals surface area contributed by atoms with Crippen LogP contribution in [0.2, 0.25) is 0 Å². The maximum absolute atomic E-state index is 12.7. The molecule has 8 heteroatoms. The van der Waals surface area contributed by atoms with Crippen LogP contribution in [0.1, 0.15) is 41.6 Å². The largest absolute Gasteiger partial charge is 0.494 e. The Morgan fingerprint density at radius 3 is 2.58 bits per heavy atom. The van der Waals surface area contributed by atoms with Crippen molar-refractivity contribution in [3.05, 3.63) is 77.1 Å². The molecule has 166 valence electrons. The van der Waals surface area contributed by atoms with Crippen LogP contribution < -0.4 is 10.1 Å². The molecule has 0 unspecified atom stereocenters. The number of fused-ring (bicyclic) bond motifs is 1. The molecule has 1 aliphatic heterocycles. The van der Waals surface area contributed by atoms with E-state index in [0.717, 1.165) is 28.1 Å². The number of rotatable bonds is 5. The number of aryl methyl sites for hydroxylation is 2. The van der Waals surface area contributed by atoms with Crippen LogP contribution in [0.4, 0.5) is 5.82 Å². The number of aromatic nitrogens is 5. The number of benzene rings is 2. The van der Waals surface area contributed by atoms with Crippen LogP contribution in [0, 0.1) is 13.8 Å². The summed E-state index contributed by atoms with van der Waals surface area (Å²) in [4.78, 5) is 17.3.